The predicted octanol–water partition coefficient (Wildman–Crippen LogP) is 3.75. The molecule has 6 heteroatoms. The van der Waals surface area contributed by atoms with Crippen molar-refractivity contribution in [3.05, 3.63) is 46.6 Å². The number of hydrogen-bond acceptors (Lipinski definition) is 3. The SMILES string of the molecule is Cc1cc(C(=O)NCCC(C)N)sc1-c1ccc(F)cc1.Cl. The highest BCUT2D eigenvalue weighted by Gasteiger charge is 2.13. The highest BCUT2D eigenvalue weighted by molar-refractivity contribution is 7.17. The molecule has 1 unspecified atom stereocenters. The molecule has 1 aromatic heterocycles. The number of aryl methyl sites for hydroxylation is 1. The van der Waals surface area contributed by atoms with Crippen LogP contribution in [0.3, 0.4) is 0 Å². The van der Waals surface area contributed by atoms with E-state index in [0.29, 0.717) is 11.4 Å². The maximum Gasteiger partial charge on any atom is 0.261 e. The van der Waals surface area contributed by atoms with Gasteiger partial charge in [-0.1, -0.05) is 12.1 Å². The summed E-state index contributed by atoms with van der Waals surface area (Å²) in [5.41, 5.74) is 7.60. The number of rotatable bonds is 5. The lowest BCUT2D eigenvalue weighted by molar-refractivity contribution is 0.0957. The summed E-state index contributed by atoms with van der Waals surface area (Å²) in [7, 11) is 0. The number of halogens is 2. The third kappa shape index (κ3) is 4.80. The molecule has 0 fully saturated rings. The van der Waals surface area contributed by atoms with Crippen molar-refractivity contribution < 1.29 is 9.18 Å². The number of thiophene rings is 1. The van der Waals surface area contributed by atoms with E-state index in [0.717, 1.165) is 22.4 Å². The van der Waals surface area contributed by atoms with Crippen LogP contribution in [-0.2, 0) is 0 Å². The molecule has 1 aromatic carbocycles. The topological polar surface area (TPSA) is 55.1 Å². The van der Waals surface area contributed by atoms with Crippen molar-refractivity contribution in [1.29, 1.82) is 0 Å². The molecular formula is C16H20ClFN2OS. The van der Waals surface area contributed by atoms with Crippen LogP contribution >= 0.6 is 23.7 Å². The number of nitrogens with one attached hydrogen (secondary N) is 1. The van der Waals surface area contributed by atoms with Crippen molar-refractivity contribution in [3.8, 4) is 10.4 Å². The van der Waals surface area contributed by atoms with Gasteiger partial charge in [0.15, 0.2) is 0 Å². The largest absolute Gasteiger partial charge is 0.351 e. The lowest BCUT2D eigenvalue weighted by atomic mass is 10.1. The minimum absolute atomic E-state index is 0. The lowest BCUT2D eigenvalue weighted by Crippen LogP contribution is -2.28. The first-order valence-corrected chi connectivity index (χ1v) is 7.69. The summed E-state index contributed by atoms with van der Waals surface area (Å²) in [6.07, 6.45) is 0.751. The van der Waals surface area contributed by atoms with Gasteiger partial charge in [0, 0.05) is 17.5 Å². The molecule has 1 heterocycles. The molecule has 0 aliphatic heterocycles. The highest BCUT2D eigenvalue weighted by atomic mass is 35.5. The maximum absolute atomic E-state index is 13.0. The molecular weight excluding hydrogens is 323 g/mol. The third-order valence-corrected chi connectivity index (χ3v) is 4.42. The van der Waals surface area contributed by atoms with Crippen LogP contribution in [0, 0.1) is 12.7 Å². The zero-order chi connectivity index (χ0) is 15.4. The van der Waals surface area contributed by atoms with Gasteiger partial charge in [-0.2, -0.15) is 0 Å². The van der Waals surface area contributed by atoms with Crippen molar-refractivity contribution in [2.75, 3.05) is 6.54 Å². The van der Waals surface area contributed by atoms with E-state index in [4.69, 9.17) is 5.73 Å². The molecule has 0 saturated heterocycles. The fourth-order valence-corrected chi connectivity index (χ4v) is 3.08. The fraction of sp³-hybridized carbons (Fsp3) is 0.312. The second kappa shape index (κ2) is 8.27. The zero-order valence-electron chi connectivity index (χ0n) is 12.6. The predicted molar refractivity (Wildman–Crippen MR) is 92.3 cm³/mol. The van der Waals surface area contributed by atoms with Crippen molar-refractivity contribution in [3.63, 3.8) is 0 Å². The highest BCUT2D eigenvalue weighted by Crippen LogP contribution is 2.32. The average molecular weight is 343 g/mol. The third-order valence-electron chi connectivity index (χ3n) is 3.13. The van der Waals surface area contributed by atoms with Crippen LogP contribution in [-0.4, -0.2) is 18.5 Å². The Bertz CT molecular complexity index is 626. The first kappa shape index (κ1) is 18.6. The minimum atomic E-state index is -0.262. The van der Waals surface area contributed by atoms with Gasteiger partial charge in [0.05, 0.1) is 4.88 Å². The number of carbonyl (C=O) groups is 1. The summed E-state index contributed by atoms with van der Waals surface area (Å²) in [5, 5.41) is 2.86. The Kier molecular flexibility index (Phi) is 7.00. The summed E-state index contributed by atoms with van der Waals surface area (Å²) in [5.74, 6) is -0.348. The smallest absolute Gasteiger partial charge is 0.261 e. The van der Waals surface area contributed by atoms with E-state index in [2.05, 4.69) is 5.32 Å². The lowest BCUT2D eigenvalue weighted by Gasteiger charge is -2.05. The van der Waals surface area contributed by atoms with E-state index in [1.54, 1.807) is 12.1 Å². The van der Waals surface area contributed by atoms with Crippen LogP contribution in [0.2, 0.25) is 0 Å². The van der Waals surface area contributed by atoms with Crippen molar-refractivity contribution >= 4 is 29.7 Å². The Labute approximate surface area is 140 Å². The van der Waals surface area contributed by atoms with E-state index in [1.807, 2.05) is 19.9 Å². The van der Waals surface area contributed by atoms with Crippen molar-refractivity contribution in [2.45, 2.75) is 26.3 Å². The first-order valence-electron chi connectivity index (χ1n) is 6.87. The molecule has 0 spiro atoms. The summed E-state index contributed by atoms with van der Waals surface area (Å²) in [6, 6.07) is 8.25. The van der Waals surface area contributed by atoms with Gasteiger partial charge in [-0.05, 0) is 49.6 Å². The van der Waals surface area contributed by atoms with Gasteiger partial charge in [-0.25, -0.2) is 4.39 Å². The Morgan fingerprint density at radius 3 is 2.59 bits per heavy atom. The van der Waals surface area contributed by atoms with Crippen LogP contribution in [0.5, 0.6) is 0 Å². The summed E-state index contributed by atoms with van der Waals surface area (Å²) in [6.45, 7) is 4.43. The number of carbonyl (C=O) groups excluding carboxylic acids is 1. The number of nitrogens with two attached hydrogens (primary N) is 1. The van der Waals surface area contributed by atoms with Gasteiger partial charge in [0.2, 0.25) is 0 Å². The molecule has 0 bridgehead atoms. The second-order valence-electron chi connectivity index (χ2n) is 5.15. The molecule has 1 amide bonds. The van der Waals surface area contributed by atoms with Crippen LogP contribution in [0.1, 0.15) is 28.6 Å². The normalized spacial score (nSPS) is 11.6. The molecule has 120 valence electrons. The Balaban J connectivity index is 0.00000242. The van der Waals surface area contributed by atoms with Crippen LogP contribution in [0.15, 0.2) is 30.3 Å². The molecule has 22 heavy (non-hydrogen) atoms. The quantitative estimate of drug-likeness (QED) is 0.869. The maximum atomic E-state index is 13.0. The van der Waals surface area contributed by atoms with E-state index in [-0.39, 0.29) is 30.2 Å². The van der Waals surface area contributed by atoms with E-state index < -0.39 is 0 Å². The average Bonchev–Trinajstić information content (AvgIpc) is 2.81. The monoisotopic (exact) mass is 342 g/mol. The molecule has 0 aliphatic rings. The van der Waals surface area contributed by atoms with Gasteiger partial charge in [-0.3, -0.25) is 4.79 Å². The number of amides is 1. The van der Waals surface area contributed by atoms with Gasteiger partial charge in [0.1, 0.15) is 5.82 Å². The molecule has 2 rings (SSSR count). The van der Waals surface area contributed by atoms with Gasteiger partial charge in [-0.15, -0.1) is 23.7 Å². The van der Waals surface area contributed by atoms with Gasteiger partial charge < -0.3 is 11.1 Å². The molecule has 1 atom stereocenters. The van der Waals surface area contributed by atoms with Gasteiger partial charge in [0.25, 0.3) is 5.91 Å². The summed E-state index contributed by atoms with van der Waals surface area (Å²) >= 11 is 1.42. The molecule has 0 radical (unpaired) electrons. The Hall–Kier alpha value is -1.43. The zero-order valence-corrected chi connectivity index (χ0v) is 14.2. The van der Waals surface area contributed by atoms with E-state index >= 15 is 0 Å². The molecule has 3 nitrogen and oxygen atoms in total. The minimum Gasteiger partial charge on any atom is -0.351 e. The summed E-state index contributed by atoms with van der Waals surface area (Å²) in [4.78, 5) is 13.7. The Morgan fingerprint density at radius 1 is 1.36 bits per heavy atom. The molecule has 3 N–H and O–H groups in total. The first-order chi connectivity index (χ1) is 9.97. The van der Waals surface area contributed by atoms with Crippen LogP contribution < -0.4 is 11.1 Å². The fourth-order valence-electron chi connectivity index (χ4n) is 1.98. The van der Waals surface area contributed by atoms with Gasteiger partial charge >= 0.3 is 0 Å². The van der Waals surface area contributed by atoms with Crippen LogP contribution in [0.25, 0.3) is 10.4 Å². The van der Waals surface area contributed by atoms with Crippen molar-refractivity contribution in [1.82, 2.24) is 5.32 Å². The van der Waals surface area contributed by atoms with E-state index in [1.165, 1.54) is 23.5 Å². The van der Waals surface area contributed by atoms with Crippen molar-refractivity contribution in [2.24, 2.45) is 5.73 Å². The molecule has 2 aromatic rings. The van der Waals surface area contributed by atoms with Crippen LogP contribution in [0.4, 0.5) is 4.39 Å². The second-order valence-corrected chi connectivity index (χ2v) is 6.20. The number of hydrogen-bond donors (Lipinski definition) is 2. The molecule has 0 saturated carbocycles. The van der Waals surface area contributed by atoms with E-state index in [9.17, 15) is 9.18 Å². The Morgan fingerprint density at radius 2 is 2.00 bits per heavy atom. The number of benzene rings is 1. The molecule has 0 aliphatic carbocycles. The summed E-state index contributed by atoms with van der Waals surface area (Å²) < 4.78 is 13.0. The standard InChI is InChI=1S/C16H19FN2OS.ClH/c1-10-9-14(16(20)19-8-7-11(2)18)21-15(10)12-3-5-13(17)6-4-12;/h3-6,9,11H,7-8,18H2,1-2H3,(H,19,20);1H.